The first-order valence-electron chi connectivity index (χ1n) is 5.18. The Kier molecular flexibility index (Phi) is 4.64. The number of rotatable bonds is 7. The van der Waals surface area contributed by atoms with Crippen molar-refractivity contribution in [2.45, 2.75) is 25.3 Å². The van der Waals surface area contributed by atoms with Gasteiger partial charge in [0.1, 0.15) is 0 Å². The summed E-state index contributed by atoms with van der Waals surface area (Å²) in [6.45, 7) is 6.66. The van der Waals surface area contributed by atoms with E-state index in [1.165, 1.54) is 18.4 Å². The lowest BCUT2D eigenvalue weighted by molar-refractivity contribution is 0.368. The summed E-state index contributed by atoms with van der Waals surface area (Å²) in [6.07, 6.45) is 3.23. The van der Waals surface area contributed by atoms with E-state index in [4.69, 9.17) is 5.26 Å². The molecular weight excluding hydrogens is 174 g/mol. The summed E-state index contributed by atoms with van der Waals surface area (Å²) in [5, 5.41) is 11.8. The number of nitrogens with one attached hydrogen (secondary N) is 1. The van der Waals surface area contributed by atoms with Gasteiger partial charge in [-0.15, -0.1) is 0 Å². The van der Waals surface area contributed by atoms with Crippen molar-refractivity contribution in [3.05, 3.63) is 12.2 Å². The Bertz CT molecular complexity index is 225. The molecule has 1 aliphatic carbocycles. The van der Waals surface area contributed by atoms with Gasteiger partial charge in [0.25, 0.3) is 0 Å². The number of nitrogens with zero attached hydrogens (tertiary/aromatic N) is 2. The second-order valence-electron chi connectivity index (χ2n) is 4.05. The van der Waals surface area contributed by atoms with Gasteiger partial charge in [0, 0.05) is 32.1 Å². The minimum atomic E-state index is 0.597. The van der Waals surface area contributed by atoms with Crippen LogP contribution >= 0.6 is 0 Å². The first-order valence-corrected chi connectivity index (χ1v) is 5.18. The third kappa shape index (κ3) is 5.00. The van der Waals surface area contributed by atoms with Gasteiger partial charge in [0.2, 0.25) is 0 Å². The zero-order valence-electron chi connectivity index (χ0n) is 8.92. The molecule has 0 aromatic rings. The van der Waals surface area contributed by atoms with E-state index in [1.807, 2.05) is 7.05 Å². The van der Waals surface area contributed by atoms with Crippen LogP contribution in [0, 0.1) is 11.3 Å². The van der Waals surface area contributed by atoms with E-state index in [0.717, 1.165) is 25.7 Å². The van der Waals surface area contributed by atoms with Crippen LogP contribution in [0.15, 0.2) is 12.2 Å². The normalized spacial score (nSPS) is 15.5. The monoisotopic (exact) mass is 193 g/mol. The topological polar surface area (TPSA) is 39.1 Å². The molecule has 1 rings (SSSR count). The lowest BCUT2D eigenvalue weighted by atomic mass is 10.2. The van der Waals surface area contributed by atoms with Crippen molar-refractivity contribution in [2.24, 2.45) is 0 Å². The SMILES string of the molecule is C=C(CNC1CC1)CN(C)CCC#N. The molecule has 1 saturated carbocycles. The van der Waals surface area contributed by atoms with Crippen LogP contribution in [0.25, 0.3) is 0 Å². The summed E-state index contributed by atoms with van der Waals surface area (Å²) in [4.78, 5) is 2.14. The summed E-state index contributed by atoms with van der Waals surface area (Å²) >= 11 is 0. The Labute approximate surface area is 86.4 Å². The van der Waals surface area contributed by atoms with Crippen molar-refractivity contribution in [1.29, 1.82) is 5.26 Å². The molecule has 0 atom stereocenters. The number of hydrogen-bond acceptors (Lipinski definition) is 3. The lowest BCUT2D eigenvalue weighted by Gasteiger charge is -2.16. The summed E-state index contributed by atoms with van der Waals surface area (Å²) in [5.41, 5.74) is 1.21. The minimum Gasteiger partial charge on any atom is -0.310 e. The average molecular weight is 193 g/mol. The molecule has 3 heteroatoms. The predicted octanol–water partition coefficient (Wildman–Crippen LogP) is 1.14. The second-order valence-corrected chi connectivity index (χ2v) is 4.05. The molecule has 78 valence electrons. The first kappa shape index (κ1) is 11.2. The molecular formula is C11H19N3. The van der Waals surface area contributed by atoms with Crippen LogP contribution in [0.1, 0.15) is 19.3 Å². The summed E-state index contributed by atoms with van der Waals surface area (Å²) < 4.78 is 0. The number of likely N-dealkylation sites (N-methyl/N-ethyl adjacent to an activating group) is 1. The maximum Gasteiger partial charge on any atom is 0.0635 e. The Morgan fingerprint density at radius 2 is 2.36 bits per heavy atom. The molecule has 1 N–H and O–H groups in total. The highest BCUT2D eigenvalue weighted by molar-refractivity contribution is 5.01. The number of hydrogen-bond donors (Lipinski definition) is 1. The molecule has 0 aliphatic heterocycles. The van der Waals surface area contributed by atoms with Gasteiger partial charge in [0.05, 0.1) is 6.07 Å². The van der Waals surface area contributed by atoms with Gasteiger partial charge in [0.15, 0.2) is 0 Å². The van der Waals surface area contributed by atoms with Gasteiger partial charge in [-0.05, 0) is 25.5 Å². The quantitative estimate of drug-likeness (QED) is 0.616. The largest absolute Gasteiger partial charge is 0.310 e. The van der Waals surface area contributed by atoms with Gasteiger partial charge >= 0.3 is 0 Å². The molecule has 0 amide bonds. The fraction of sp³-hybridized carbons (Fsp3) is 0.727. The molecule has 0 spiro atoms. The van der Waals surface area contributed by atoms with Gasteiger partial charge in [-0.3, -0.25) is 0 Å². The van der Waals surface area contributed by atoms with Gasteiger partial charge in [-0.2, -0.15) is 5.26 Å². The fourth-order valence-corrected chi connectivity index (χ4v) is 1.33. The van der Waals surface area contributed by atoms with Crippen LogP contribution in [-0.2, 0) is 0 Å². The van der Waals surface area contributed by atoms with E-state index in [9.17, 15) is 0 Å². The zero-order valence-corrected chi connectivity index (χ0v) is 8.92. The van der Waals surface area contributed by atoms with E-state index in [-0.39, 0.29) is 0 Å². The van der Waals surface area contributed by atoms with Crippen molar-refractivity contribution < 1.29 is 0 Å². The molecule has 0 radical (unpaired) electrons. The summed E-state index contributed by atoms with van der Waals surface area (Å²) in [7, 11) is 2.03. The van der Waals surface area contributed by atoms with Crippen LogP contribution in [-0.4, -0.2) is 37.6 Å². The third-order valence-corrected chi connectivity index (χ3v) is 2.32. The van der Waals surface area contributed by atoms with Crippen molar-refractivity contribution in [3.8, 4) is 6.07 Å². The van der Waals surface area contributed by atoms with E-state index < -0.39 is 0 Å². The minimum absolute atomic E-state index is 0.597. The van der Waals surface area contributed by atoms with E-state index >= 15 is 0 Å². The Hall–Kier alpha value is -0.850. The molecule has 0 aromatic heterocycles. The van der Waals surface area contributed by atoms with Gasteiger partial charge in [-0.25, -0.2) is 0 Å². The summed E-state index contributed by atoms with van der Waals surface area (Å²) in [5.74, 6) is 0. The highest BCUT2D eigenvalue weighted by Crippen LogP contribution is 2.18. The molecule has 0 aromatic carbocycles. The van der Waals surface area contributed by atoms with Gasteiger partial charge in [-0.1, -0.05) is 6.58 Å². The van der Waals surface area contributed by atoms with E-state index in [1.54, 1.807) is 0 Å². The fourth-order valence-electron chi connectivity index (χ4n) is 1.33. The Balaban J connectivity index is 2.02. The molecule has 14 heavy (non-hydrogen) atoms. The average Bonchev–Trinajstić information content (AvgIpc) is 2.95. The van der Waals surface area contributed by atoms with Crippen LogP contribution in [0.2, 0.25) is 0 Å². The number of nitriles is 1. The van der Waals surface area contributed by atoms with Crippen LogP contribution in [0.3, 0.4) is 0 Å². The molecule has 1 aliphatic rings. The molecule has 0 saturated heterocycles. The van der Waals surface area contributed by atoms with Crippen LogP contribution in [0.5, 0.6) is 0 Å². The molecule has 0 unspecified atom stereocenters. The highest BCUT2D eigenvalue weighted by Gasteiger charge is 2.20. The van der Waals surface area contributed by atoms with Crippen molar-refractivity contribution in [2.75, 3.05) is 26.7 Å². The maximum absolute atomic E-state index is 8.42. The Morgan fingerprint density at radius 3 is 2.93 bits per heavy atom. The maximum atomic E-state index is 8.42. The van der Waals surface area contributed by atoms with Crippen molar-refractivity contribution in [3.63, 3.8) is 0 Å². The molecule has 3 nitrogen and oxygen atoms in total. The molecule has 0 heterocycles. The highest BCUT2D eigenvalue weighted by atomic mass is 15.1. The van der Waals surface area contributed by atoms with Crippen molar-refractivity contribution >= 4 is 0 Å². The van der Waals surface area contributed by atoms with Gasteiger partial charge < -0.3 is 10.2 Å². The van der Waals surface area contributed by atoms with E-state index in [0.29, 0.717) is 6.42 Å². The standard InChI is InChI=1S/C11H19N3/c1-10(8-13-11-4-5-11)9-14(2)7-3-6-12/h11,13H,1,3-5,7-9H2,2H3. The third-order valence-electron chi connectivity index (χ3n) is 2.32. The lowest BCUT2D eigenvalue weighted by Crippen LogP contribution is -2.27. The molecule has 1 fully saturated rings. The first-order chi connectivity index (χ1) is 6.72. The van der Waals surface area contributed by atoms with Crippen LogP contribution in [0.4, 0.5) is 0 Å². The summed E-state index contributed by atoms with van der Waals surface area (Å²) in [6, 6.07) is 2.89. The molecule has 0 bridgehead atoms. The smallest absolute Gasteiger partial charge is 0.0635 e. The Morgan fingerprint density at radius 1 is 1.64 bits per heavy atom. The van der Waals surface area contributed by atoms with Crippen LogP contribution < -0.4 is 5.32 Å². The zero-order chi connectivity index (χ0) is 10.4. The second kappa shape index (κ2) is 5.79. The van der Waals surface area contributed by atoms with E-state index in [2.05, 4.69) is 22.9 Å². The van der Waals surface area contributed by atoms with Crippen molar-refractivity contribution in [1.82, 2.24) is 10.2 Å². The predicted molar refractivity (Wildman–Crippen MR) is 57.9 cm³/mol.